The number of carbonyl (C=O) groups excluding carboxylic acids is 2. The smallest absolute Gasteiger partial charge is 0.220 e. The zero-order valence-corrected chi connectivity index (χ0v) is 12.3. The van der Waals surface area contributed by atoms with Gasteiger partial charge in [-0.15, -0.1) is 0 Å². The third-order valence-electron chi connectivity index (χ3n) is 5.05. The van der Waals surface area contributed by atoms with Crippen LogP contribution >= 0.6 is 0 Å². The number of hydrogen-bond donors (Lipinski definition) is 2. The molecule has 0 radical (unpaired) electrons. The molecule has 3 saturated heterocycles. The monoisotopic (exact) mass is 282 g/mol. The number of nitrogens with one attached hydrogen (secondary N) is 2. The summed E-state index contributed by atoms with van der Waals surface area (Å²) in [7, 11) is 0. The van der Waals surface area contributed by atoms with E-state index in [0.717, 1.165) is 18.4 Å². The van der Waals surface area contributed by atoms with E-state index in [1.54, 1.807) is 4.90 Å². The van der Waals surface area contributed by atoms with Gasteiger partial charge < -0.3 is 20.1 Å². The van der Waals surface area contributed by atoms with Crippen LogP contribution in [0.4, 0.5) is 0 Å². The molecule has 3 aliphatic heterocycles. The Bertz CT molecular complexity index is 359. The van der Waals surface area contributed by atoms with Crippen LogP contribution in [0.1, 0.15) is 45.4 Å². The molecule has 4 atom stereocenters. The molecular formula is C15H26N2O3. The van der Waals surface area contributed by atoms with E-state index in [4.69, 9.17) is 0 Å². The molecule has 3 aliphatic rings. The molecule has 20 heavy (non-hydrogen) atoms. The average molecular weight is 282 g/mol. The maximum Gasteiger partial charge on any atom is 0.220 e. The number of hydrogen-bond acceptors (Lipinski definition) is 3. The van der Waals surface area contributed by atoms with Crippen LogP contribution in [-0.2, 0) is 9.59 Å². The van der Waals surface area contributed by atoms with Crippen LogP contribution in [0.15, 0.2) is 0 Å². The summed E-state index contributed by atoms with van der Waals surface area (Å²) in [6, 6.07) is 0.557. The number of carboxylic acids is 1. The molecule has 2 bridgehead atoms. The largest absolute Gasteiger partial charge is 0.550 e. The van der Waals surface area contributed by atoms with Crippen molar-refractivity contribution < 1.29 is 19.6 Å². The lowest BCUT2D eigenvalue weighted by Crippen LogP contribution is -3.20. The maximum absolute atomic E-state index is 11.7. The highest BCUT2D eigenvalue weighted by Crippen LogP contribution is 2.28. The van der Waals surface area contributed by atoms with Gasteiger partial charge in [0.15, 0.2) is 0 Å². The van der Waals surface area contributed by atoms with Crippen LogP contribution in [0.2, 0.25) is 0 Å². The SMILES string of the molecule is CC[C@H]1C[NH+]2CC[C@@H]1C[C@@H]2CNC(=O)CCCC(=O)[O-]. The number of carbonyl (C=O) groups is 2. The second-order valence-electron chi connectivity index (χ2n) is 6.29. The van der Waals surface area contributed by atoms with E-state index in [1.807, 2.05) is 0 Å². The molecule has 1 amide bonds. The summed E-state index contributed by atoms with van der Waals surface area (Å²) in [4.78, 5) is 23.6. The van der Waals surface area contributed by atoms with Gasteiger partial charge in [-0.25, -0.2) is 0 Å². The minimum atomic E-state index is -1.08. The fraction of sp³-hybridized carbons (Fsp3) is 0.867. The van der Waals surface area contributed by atoms with Gasteiger partial charge in [-0.05, 0) is 25.2 Å². The molecule has 3 heterocycles. The summed E-state index contributed by atoms with van der Waals surface area (Å²) in [5.41, 5.74) is 0. The van der Waals surface area contributed by atoms with E-state index in [2.05, 4.69) is 12.2 Å². The first-order chi connectivity index (χ1) is 9.60. The molecule has 0 aliphatic carbocycles. The van der Waals surface area contributed by atoms with E-state index in [1.165, 1.54) is 32.4 Å². The Labute approximate surface area is 120 Å². The maximum atomic E-state index is 11.7. The average Bonchev–Trinajstić information content (AvgIpc) is 2.45. The molecule has 0 aromatic carbocycles. The van der Waals surface area contributed by atoms with Crippen LogP contribution in [0.3, 0.4) is 0 Å². The molecule has 5 heteroatoms. The topological polar surface area (TPSA) is 73.7 Å². The number of quaternary nitrogens is 1. The van der Waals surface area contributed by atoms with Gasteiger partial charge in [0, 0.05) is 31.1 Å². The zero-order chi connectivity index (χ0) is 14.5. The zero-order valence-electron chi connectivity index (χ0n) is 12.3. The minimum Gasteiger partial charge on any atom is -0.550 e. The van der Waals surface area contributed by atoms with Crippen molar-refractivity contribution in [3.8, 4) is 0 Å². The second kappa shape index (κ2) is 7.07. The Morgan fingerprint density at radius 1 is 1.35 bits per heavy atom. The predicted octanol–water partition coefficient (Wildman–Crippen LogP) is -1.27. The third-order valence-corrected chi connectivity index (χ3v) is 5.05. The summed E-state index contributed by atoms with van der Waals surface area (Å²) >= 11 is 0. The molecule has 114 valence electrons. The number of rotatable bonds is 7. The number of carboxylic acid groups (broad SMARTS) is 1. The van der Waals surface area contributed by atoms with Crippen LogP contribution < -0.4 is 15.3 Å². The number of aliphatic carboxylic acids is 1. The number of fused-ring (bicyclic) bond motifs is 3. The summed E-state index contributed by atoms with van der Waals surface area (Å²) in [6.45, 7) is 5.52. The molecule has 5 nitrogen and oxygen atoms in total. The lowest BCUT2D eigenvalue weighted by molar-refractivity contribution is -0.945. The first-order valence-corrected chi connectivity index (χ1v) is 7.91. The first kappa shape index (κ1) is 15.3. The van der Waals surface area contributed by atoms with E-state index in [-0.39, 0.29) is 18.7 Å². The normalized spacial score (nSPS) is 32.0. The van der Waals surface area contributed by atoms with Crippen molar-refractivity contribution in [2.24, 2.45) is 11.8 Å². The Hall–Kier alpha value is -1.10. The van der Waals surface area contributed by atoms with Gasteiger partial charge in [0.1, 0.15) is 6.04 Å². The highest BCUT2D eigenvalue weighted by atomic mass is 16.4. The fourth-order valence-electron chi connectivity index (χ4n) is 3.85. The lowest BCUT2D eigenvalue weighted by Gasteiger charge is -2.46. The summed E-state index contributed by atoms with van der Waals surface area (Å²) in [5, 5.41) is 13.3. The van der Waals surface area contributed by atoms with Gasteiger partial charge in [0.25, 0.3) is 0 Å². The van der Waals surface area contributed by atoms with Gasteiger partial charge in [-0.2, -0.15) is 0 Å². The standard InChI is InChI=1S/C15H26N2O3/c1-2-11-10-17-7-6-12(11)8-13(17)9-16-14(18)4-3-5-15(19)20/h11-13H,2-10H2,1H3,(H,16,18)(H,19,20)/t11-,12+,13+/m0/s1. The molecule has 0 saturated carbocycles. The summed E-state index contributed by atoms with van der Waals surface area (Å²) in [5.74, 6) is 0.607. The van der Waals surface area contributed by atoms with Gasteiger partial charge in [0.05, 0.1) is 19.6 Å². The van der Waals surface area contributed by atoms with Crippen molar-refractivity contribution in [2.45, 2.75) is 51.5 Å². The minimum absolute atomic E-state index is 0.0275. The Balaban J connectivity index is 1.67. The molecule has 0 aromatic rings. The van der Waals surface area contributed by atoms with Crippen LogP contribution in [-0.4, -0.2) is 37.6 Å². The molecule has 0 spiro atoms. The Morgan fingerprint density at radius 3 is 2.75 bits per heavy atom. The second-order valence-corrected chi connectivity index (χ2v) is 6.29. The van der Waals surface area contributed by atoms with Crippen molar-refractivity contribution in [3.05, 3.63) is 0 Å². The van der Waals surface area contributed by atoms with E-state index < -0.39 is 5.97 Å². The van der Waals surface area contributed by atoms with Gasteiger partial charge >= 0.3 is 0 Å². The predicted molar refractivity (Wildman–Crippen MR) is 72.9 cm³/mol. The van der Waals surface area contributed by atoms with Gasteiger partial charge in [-0.3, -0.25) is 4.79 Å². The van der Waals surface area contributed by atoms with Crippen molar-refractivity contribution in [1.82, 2.24) is 5.32 Å². The van der Waals surface area contributed by atoms with Crippen molar-refractivity contribution >= 4 is 11.9 Å². The van der Waals surface area contributed by atoms with Crippen LogP contribution in [0, 0.1) is 11.8 Å². The van der Waals surface area contributed by atoms with Crippen LogP contribution in [0.5, 0.6) is 0 Å². The fourth-order valence-corrected chi connectivity index (χ4v) is 3.85. The highest BCUT2D eigenvalue weighted by Gasteiger charge is 2.42. The summed E-state index contributed by atoms with van der Waals surface area (Å²) in [6.07, 6.45) is 4.47. The highest BCUT2D eigenvalue weighted by molar-refractivity contribution is 5.76. The number of amides is 1. The first-order valence-electron chi connectivity index (χ1n) is 7.91. The number of piperidine rings is 3. The van der Waals surface area contributed by atoms with E-state index >= 15 is 0 Å². The molecule has 2 N–H and O–H groups in total. The molecule has 3 fully saturated rings. The van der Waals surface area contributed by atoms with Gasteiger partial charge in [-0.1, -0.05) is 6.92 Å². The lowest BCUT2D eigenvalue weighted by atomic mass is 9.74. The van der Waals surface area contributed by atoms with E-state index in [9.17, 15) is 14.7 Å². The third kappa shape index (κ3) is 3.95. The molecular weight excluding hydrogens is 256 g/mol. The molecule has 1 unspecified atom stereocenters. The Morgan fingerprint density at radius 2 is 2.15 bits per heavy atom. The van der Waals surface area contributed by atoms with Crippen LogP contribution in [0.25, 0.3) is 0 Å². The van der Waals surface area contributed by atoms with Crippen molar-refractivity contribution in [2.75, 3.05) is 19.6 Å². The van der Waals surface area contributed by atoms with Crippen molar-refractivity contribution in [3.63, 3.8) is 0 Å². The van der Waals surface area contributed by atoms with Gasteiger partial charge in [0.2, 0.25) is 5.91 Å². The van der Waals surface area contributed by atoms with Crippen molar-refractivity contribution in [1.29, 1.82) is 0 Å². The molecule has 0 aromatic heterocycles. The molecule has 3 rings (SSSR count). The Kier molecular flexibility index (Phi) is 5.40. The van der Waals surface area contributed by atoms with E-state index in [0.29, 0.717) is 12.5 Å². The summed E-state index contributed by atoms with van der Waals surface area (Å²) < 4.78 is 0. The quantitative estimate of drug-likeness (QED) is 0.611.